The molecule has 1 unspecified atom stereocenters. The lowest BCUT2D eigenvalue weighted by atomic mass is 9.86. The van der Waals surface area contributed by atoms with Gasteiger partial charge < -0.3 is 16.2 Å². The van der Waals surface area contributed by atoms with Crippen LogP contribution in [0.1, 0.15) is 70.1 Å². The first-order valence-corrected chi connectivity index (χ1v) is 8.60. The fourth-order valence-electron chi connectivity index (χ4n) is 2.41. The van der Waals surface area contributed by atoms with Crippen LogP contribution in [0.15, 0.2) is 24.3 Å². The molecule has 23 heavy (non-hydrogen) atoms. The van der Waals surface area contributed by atoms with Crippen LogP contribution in [0.3, 0.4) is 0 Å². The Hall–Kier alpha value is -1.39. The quantitative estimate of drug-likeness (QED) is 0.612. The molecule has 0 aliphatic carbocycles. The summed E-state index contributed by atoms with van der Waals surface area (Å²) in [6.45, 7) is 7.45. The molecule has 1 rings (SSSR count). The molecule has 1 atom stereocenters. The van der Waals surface area contributed by atoms with Crippen molar-refractivity contribution in [2.75, 3.05) is 13.1 Å². The Balaban J connectivity index is 2.33. The summed E-state index contributed by atoms with van der Waals surface area (Å²) in [6.07, 6.45) is 3.85. The van der Waals surface area contributed by atoms with Gasteiger partial charge >= 0.3 is 0 Å². The fourth-order valence-corrected chi connectivity index (χ4v) is 2.41. The molecule has 0 aliphatic rings. The van der Waals surface area contributed by atoms with Crippen LogP contribution in [0, 0.1) is 0 Å². The lowest BCUT2D eigenvalue weighted by Crippen LogP contribution is -2.28. The second-order valence-corrected chi connectivity index (χ2v) is 7.14. The normalized spacial score (nSPS) is 12.9. The Bertz CT molecular complexity index is 463. The number of unbranched alkanes of at least 4 members (excludes halogenated alkanes) is 3. The van der Waals surface area contributed by atoms with Gasteiger partial charge in [0.1, 0.15) is 0 Å². The first kappa shape index (κ1) is 19.7. The van der Waals surface area contributed by atoms with Crippen molar-refractivity contribution in [1.82, 2.24) is 5.32 Å². The minimum atomic E-state index is -0.662. The smallest absolute Gasteiger partial charge is 0.220 e. The van der Waals surface area contributed by atoms with Crippen molar-refractivity contribution in [2.24, 2.45) is 5.73 Å². The highest BCUT2D eigenvalue weighted by Gasteiger charge is 2.15. The van der Waals surface area contributed by atoms with E-state index in [2.05, 4.69) is 26.1 Å². The molecule has 0 aliphatic heterocycles. The van der Waals surface area contributed by atoms with Crippen LogP contribution in [0.25, 0.3) is 0 Å². The number of nitrogens with one attached hydrogen (secondary N) is 1. The van der Waals surface area contributed by atoms with Gasteiger partial charge in [-0.2, -0.15) is 0 Å². The zero-order valence-electron chi connectivity index (χ0n) is 14.8. The number of rotatable bonds is 9. The molecule has 1 amide bonds. The SMILES string of the molecule is CC(C)(C)c1ccc(C(O)CNC(=O)CCCCCCN)cc1. The van der Waals surface area contributed by atoms with E-state index in [1.54, 1.807) is 0 Å². The van der Waals surface area contributed by atoms with Crippen LogP contribution < -0.4 is 11.1 Å². The maximum Gasteiger partial charge on any atom is 0.220 e. The van der Waals surface area contributed by atoms with Gasteiger partial charge in [0.2, 0.25) is 5.91 Å². The van der Waals surface area contributed by atoms with Gasteiger partial charge in [0.25, 0.3) is 0 Å². The van der Waals surface area contributed by atoms with Gasteiger partial charge in [-0.25, -0.2) is 0 Å². The monoisotopic (exact) mass is 320 g/mol. The van der Waals surface area contributed by atoms with Gasteiger partial charge in [-0.15, -0.1) is 0 Å². The first-order chi connectivity index (χ1) is 10.8. The summed E-state index contributed by atoms with van der Waals surface area (Å²) in [5, 5.41) is 13.0. The zero-order valence-corrected chi connectivity index (χ0v) is 14.8. The topological polar surface area (TPSA) is 75.3 Å². The van der Waals surface area contributed by atoms with Gasteiger partial charge in [0, 0.05) is 13.0 Å². The van der Waals surface area contributed by atoms with Gasteiger partial charge in [-0.05, 0) is 35.9 Å². The number of hydrogen-bond acceptors (Lipinski definition) is 3. The Morgan fingerprint density at radius 2 is 1.74 bits per heavy atom. The molecule has 4 nitrogen and oxygen atoms in total. The van der Waals surface area contributed by atoms with E-state index in [-0.39, 0.29) is 17.9 Å². The summed E-state index contributed by atoms with van der Waals surface area (Å²) < 4.78 is 0. The highest BCUT2D eigenvalue weighted by molar-refractivity contribution is 5.75. The van der Waals surface area contributed by atoms with Crippen molar-refractivity contribution in [3.8, 4) is 0 Å². The molecule has 0 spiro atoms. The Labute approximate surface area is 140 Å². The summed E-state index contributed by atoms with van der Waals surface area (Å²) in [4.78, 5) is 11.8. The van der Waals surface area contributed by atoms with Crippen LogP contribution in [0.2, 0.25) is 0 Å². The summed E-state index contributed by atoms with van der Waals surface area (Å²) in [5.74, 6) is 0.00288. The molecule has 0 heterocycles. The van der Waals surface area contributed by atoms with Crippen molar-refractivity contribution in [2.45, 2.75) is 64.4 Å². The van der Waals surface area contributed by atoms with E-state index in [0.717, 1.165) is 31.2 Å². The largest absolute Gasteiger partial charge is 0.387 e. The molecule has 0 aromatic heterocycles. The number of aliphatic hydroxyl groups excluding tert-OH is 1. The molecule has 0 saturated carbocycles. The minimum absolute atomic E-state index is 0.00288. The first-order valence-electron chi connectivity index (χ1n) is 8.60. The lowest BCUT2D eigenvalue weighted by molar-refractivity contribution is -0.121. The molecule has 0 radical (unpaired) electrons. The molecule has 0 fully saturated rings. The predicted molar refractivity (Wildman–Crippen MR) is 95.3 cm³/mol. The van der Waals surface area contributed by atoms with Crippen LogP contribution >= 0.6 is 0 Å². The van der Waals surface area contributed by atoms with E-state index in [1.165, 1.54) is 5.56 Å². The molecule has 4 N–H and O–H groups in total. The van der Waals surface area contributed by atoms with E-state index >= 15 is 0 Å². The molecule has 130 valence electrons. The number of carbonyl (C=O) groups excluding carboxylic acids is 1. The summed E-state index contributed by atoms with van der Waals surface area (Å²) >= 11 is 0. The Morgan fingerprint density at radius 1 is 1.13 bits per heavy atom. The number of amides is 1. The molecule has 0 saturated heterocycles. The fraction of sp³-hybridized carbons (Fsp3) is 0.632. The summed E-state index contributed by atoms with van der Waals surface area (Å²) in [5.41, 5.74) is 7.60. The highest BCUT2D eigenvalue weighted by atomic mass is 16.3. The van der Waals surface area contributed by atoms with Crippen LogP contribution in [0.4, 0.5) is 0 Å². The Kier molecular flexibility index (Phi) is 8.28. The van der Waals surface area contributed by atoms with Gasteiger partial charge in [0.05, 0.1) is 6.10 Å². The molecular formula is C19H32N2O2. The zero-order chi connectivity index (χ0) is 17.3. The van der Waals surface area contributed by atoms with Crippen molar-refractivity contribution in [1.29, 1.82) is 0 Å². The average molecular weight is 320 g/mol. The lowest BCUT2D eigenvalue weighted by Gasteiger charge is -2.20. The second kappa shape index (κ2) is 9.68. The van der Waals surface area contributed by atoms with Crippen molar-refractivity contribution in [3.63, 3.8) is 0 Å². The van der Waals surface area contributed by atoms with Gasteiger partial charge in [0.15, 0.2) is 0 Å². The van der Waals surface area contributed by atoms with Crippen molar-refractivity contribution < 1.29 is 9.90 Å². The van der Waals surface area contributed by atoms with Crippen LogP contribution in [0.5, 0.6) is 0 Å². The van der Waals surface area contributed by atoms with Gasteiger partial charge in [-0.3, -0.25) is 4.79 Å². The van der Waals surface area contributed by atoms with E-state index in [1.807, 2.05) is 24.3 Å². The number of nitrogens with two attached hydrogens (primary N) is 1. The van der Waals surface area contributed by atoms with Gasteiger partial charge in [-0.1, -0.05) is 57.9 Å². The summed E-state index contributed by atoms with van der Waals surface area (Å²) in [7, 11) is 0. The number of hydrogen-bond donors (Lipinski definition) is 3. The second-order valence-electron chi connectivity index (χ2n) is 7.14. The molecule has 1 aromatic carbocycles. The molecule has 4 heteroatoms. The van der Waals surface area contributed by atoms with Crippen LogP contribution in [-0.4, -0.2) is 24.1 Å². The molecule has 0 bridgehead atoms. The van der Waals surface area contributed by atoms with E-state index in [0.29, 0.717) is 13.0 Å². The van der Waals surface area contributed by atoms with E-state index < -0.39 is 6.10 Å². The standard InChI is InChI=1S/C19H32N2O2/c1-19(2,3)16-11-9-15(10-12-16)17(22)14-21-18(23)8-6-4-5-7-13-20/h9-12,17,22H,4-8,13-14,20H2,1-3H3,(H,21,23). The third kappa shape index (κ3) is 7.62. The maximum atomic E-state index is 11.8. The molecule has 1 aromatic rings. The Morgan fingerprint density at radius 3 is 2.30 bits per heavy atom. The van der Waals surface area contributed by atoms with E-state index in [4.69, 9.17) is 5.73 Å². The van der Waals surface area contributed by atoms with Crippen LogP contribution in [-0.2, 0) is 10.2 Å². The average Bonchev–Trinajstić information content (AvgIpc) is 2.51. The minimum Gasteiger partial charge on any atom is -0.387 e. The predicted octanol–water partition coefficient (Wildman–Crippen LogP) is 3.04. The third-order valence-electron chi connectivity index (χ3n) is 4.01. The third-order valence-corrected chi connectivity index (χ3v) is 4.01. The van der Waals surface area contributed by atoms with E-state index in [9.17, 15) is 9.90 Å². The van der Waals surface area contributed by atoms with Crippen molar-refractivity contribution in [3.05, 3.63) is 35.4 Å². The highest BCUT2D eigenvalue weighted by Crippen LogP contribution is 2.23. The number of aliphatic hydroxyl groups is 1. The number of carbonyl (C=O) groups is 1. The summed E-state index contributed by atoms with van der Waals surface area (Å²) in [6, 6.07) is 7.95. The van der Waals surface area contributed by atoms with Crippen molar-refractivity contribution >= 4 is 5.91 Å². The number of benzene rings is 1. The maximum absolute atomic E-state index is 11.8. The molecular weight excluding hydrogens is 288 g/mol.